The standard InChI is InChI=1S/C23H19ClFN3O3/c24-15-12-17-16(18(25)13-15)9-10-19(17)28(23(30)20-8-4-5-11-27(20)31)21(22(26)29)14-6-2-1-3-7-14/h1-8,11-13,19,21H,9-10H2,(H2,26,29)/t19-,21-/m1/s1. The van der Waals surface area contributed by atoms with E-state index in [1.54, 1.807) is 42.5 Å². The Kier molecular flexibility index (Phi) is 5.61. The number of carbonyl (C=O) groups excluding carboxylic acids is 2. The molecule has 3 aromatic rings. The number of nitrogens with zero attached hydrogens (tertiary/aromatic N) is 2. The molecule has 0 radical (unpaired) electrons. The van der Waals surface area contributed by atoms with E-state index < -0.39 is 29.7 Å². The van der Waals surface area contributed by atoms with Gasteiger partial charge in [0.15, 0.2) is 6.20 Å². The largest absolute Gasteiger partial charge is 0.618 e. The molecule has 1 aliphatic carbocycles. The van der Waals surface area contributed by atoms with E-state index >= 15 is 0 Å². The molecule has 158 valence electrons. The number of fused-ring (bicyclic) bond motifs is 1. The van der Waals surface area contributed by atoms with Crippen LogP contribution in [0.5, 0.6) is 0 Å². The lowest BCUT2D eigenvalue weighted by atomic mass is 9.98. The van der Waals surface area contributed by atoms with Crippen molar-refractivity contribution in [3.63, 3.8) is 0 Å². The molecule has 0 aliphatic heterocycles. The van der Waals surface area contributed by atoms with Gasteiger partial charge in [0.2, 0.25) is 5.91 Å². The Balaban J connectivity index is 1.90. The minimum Gasteiger partial charge on any atom is -0.618 e. The molecule has 31 heavy (non-hydrogen) atoms. The smallest absolute Gasteiger partial charge is 0.321 e. The maximum atomic E-state index is 14.5. The van der Waals surface area contributed by atoms with E-state index in [2.05, 4.69) is 0 Å². The fourth-order valence-corrected chi connectivity index (χ4v) is 4.39. The molecule has 2 amide bonds. The number of hydrogen-bond acceptors (Lipinski definition) is 3. The summed E-state index contributed by atoms with van der Waals surface area (Å²) in [4.78, 5) is 27.5. The highest BCUT2D eigenvalue weighted by Gasteiger charge is 2.42. The summed E-state index contributed by atoms with van der Waals surface area (Å²) in [6, 6.07) is 14.0. The predicted molar refractivity (Wildman–Crippen MR) is 112 cm³/mol. The van der Waals surface area contributed by atoms with Gasteiger partial charge in [-0.25, -0.2) is 4.39 Å². The molecule has 0 fully saturated rings. The van der Waals surface area contributed by atoms with E-state index in [1.165, 1.54) is 29.3 Å². The van der Waals surface area contributed by atoms with Crippen molar-refractivity contribution in [2.24, 2.45) is 5.73 Å². The van der Waals surface area contributed by atoms with Crippen LogP contribution in [0, 0.1) is 11.0 Å². The lowest BCUT2D eigenvalue weighted by Gasteiger charge is -2.35. The number of pyridine rings is 1. The van der Waals surface area contributed by atoms with Crippen molar-refractivity contribution in [2.75, 3.05) is 0 Å². The van der Waals surface area contributed by atoms with Crippen LogP contribution >= 0.6 is 11.6 Å². The lowest BCUT2D eigenvalue weighted by molar-refractivity contribution is -0.608. The van der Waals surface area contributed by atoms with E-state index in [4.69, 9.17) is 17.3 Å². The first-order chi connectivity index (χ1) is 14.9. The Morgan fingerprint density at radius 2 is 1.87 bits per heavy atom. The number of amides is 2. The Bertz CT molecular complexity index is 1160. The van der Waals surface area contributed by atoms with Gasteiger partial charge in [0, 0.05) is 17.2 Å². The number of hydrogen-bond donors (Lipinski definition) is 1. The highest BCUT2D eigenvalue weighted by Crippen LogP contribution is 2.42. The molecular weight excluding hydrogens is 421 g/mol. The SMILES string of the molecule is NC(=O)[C@@H](c1ccccc1)N(C(=O)c1cccc[n+]1[O-])[C@@H]1CCc2c(F)cc(Cl)cc21. The number of benzene rings is 2. The van der Waals surface area contributed by atoms with Crippen LogP contribution in [0.3, 0.4) is 0 Å². The average Bonchev–Trinajstić information content (AvgIpc) is 3.16. The second-order valence-corrected chi connectivity index (χ2v) is 7.79. The van der Waals surface area contributed by atoms with Crippen LogP contribution in [0.25, 0.3) is 0 Å². The summed E-state index contributed by atoms with van der Waals surface area (Å²) in [6.45, 7) is 0. The predicted octanol–water partition coefficient (Wildman–Crippen LogP) is 3.47. The highest BCUT2D eigenvalue weighted by molar-refractivity contribution is 6.30. The molecule has 2 N–H and O–H groups in total. The molecule has 0 unspecified atom stereocenters. The van der Waals surface area contributed by atoms with Crippen molar-refractivity contribution in [3.8, 4) is 0 Å². The average molecular weight is 440 g/mol. The van der Waals surface area contributed by atoms with Crippen molar-refractivity contribution < 1.29 is 18.7 Å². The zero-order valence-corrected chi connectivity index (χ0v) is 17.1. The molecule has 0 saturated heterocycles. The van der Waals surface area contributed by atoms with Gasteiger partial charge in [-0.2, -0.15) is 4.73 Å². The van der Waals surface area contributed by atoms with Crippen molar-refractivity contribution in [1.82, 2.24) is 4.90 Å². The second-order valence-electron chi connectivity index (χ2n) is 7.35. The number of nitrogens with two attached hydrogens (primary N) is 1. The van der Waals surface area contributed by atoms with E-state index in [1.807, 2.05) is 0 Å². The molecule has 2 atom stereocenters. The first-order valence-corrected chi connectivity index (χ1v) is 10.1. The summed E-state index contributed by atoms with van der Waals surface area (Å²) in [5, 5.41) is 12.5. The van der Waals surface area contributed by atoms with Crippen LogP contribution in [-0.4, -0.2) is 16.7 Å². The minimum atomic E-state index is -1.16. The number of primary amides is 1. The minimum absolute atomic E-state index is 0.166. The Morgan fingerprint density at radius 3 is 2.55 bits per heavy atom. The van der Waals surface area contributed by atoms with E-state index in [0.717, 1.165) is 0 Å². The first-order valence-electron chi connectivity index (χ1n) is 9.71. The second kappa shape index (κ2) is 8.35. The van der Waals surface area contributed by atoms with Crippen LogP contribution in [0.1, 0.15) is 45.7 Å². The Labute approximate surface area is 183 Å². The third-order valence-electron chi connectivity index (χ3n) is 5.50. The van der Waals surface area contributed by atoms with Gasteiger partial charge in [-0.3, -0.25) is 9.59 Å². The van der Waals surface area contributed by atoms with Crippen molar-refractivity contribution in [3.05, 3.63) is 105 Å². The zero-order valence-electron chi connectivity index (χ0n) is 16.4. The normalized spacial score (nSPS) is 15.9. The van der Waals surface area contributed by atoms with Crippen LogP contribution in [0.2, 0.25) is 5.02 Å². The van der Waals surface area contributed by atoms with Gasteiger partial charge in [0.05, 0.1) is 6.04 Å². The van der Waals surface area contributed by atoms with Gasteiger partial charge in [0.25, 0.3) is 5.69 Å². The van der Waals surface area contributed by atoms with Gasteiger partial charge < -0.3 is 15.8 Å². The van der Waals surface area contributed by atoms with E-state index in [9.17, 15) is 19.2 Å². The molecular formula is C23H19ClFN3O3. The van der Waals surface area contributed by atoms with Crippen LogP contribution in [0.15, 0.2) is 66.9 Å². The summed E-state index contributed by atoms with van der Waals surface area (Å²) < 4.78 is 15.0. The van der Waals surface area contributed by atoms with Crippen LogP contribution in [0.4, 0.5) is 4.39 Å². The molecule has 6 nitrogen and oxygen atoms in total. The molecule has 0 saturated carbocycles. The summed E-state index contributed by atoms with van der Waals surface area (Å²) >= 11 is 6.09. The molecule has 1 aliphatic rings. The summed E-state index contributed by atoms with van der Waals surface area (Å²) in [7, 11) is 0. The molecule has 2 aromatic carbocycles. The van der Waals surface area contributed by atoms with Crippen molar-refractivity contribution >= 4 is 23.4 Å². The number of aromatic nitrogens is 1. The fourth-order valence-electron chi connectivity index (χ4n) is 4.17. The Morgan fingerprint density at radius 1 is 1.16 bits per heavy atom. The molecule has 0 bridgehead atoms. The topological polar surface area (TPSA) is 90.3 Å². The van der Waals surface area contributed by atoms with Gasteiger partial charge >= 0.3 is 5.91 Å². The van der Waals surface area contributed by atoms with Gasteiger partial charge in [-0.05, 0) is 47.7 Å². The maximum Gasteiger partial charge on any atom is 0.321 e. The molecule has 1 heterocycles. The molecule has 8 heteroatoms. The number of halogens is 2. The van der Waals surface area contributed by atoms with E-state index in [-0.39, 0.29) is 10.7 Å². The highest BCUT2D eigenvalue weighted by atomic mass is 35.5. The van der Waals surface area contributed by atoms with Gasteiger partial charge in [-0.15, -0.1) is 0 Å². The first kappa shape index (κ1) is 20.8. The fraction of sp³-hybridized carbons (Fsp3) is 0.174. The third kappa shape index (κ3) is 3.84. The maximum absolute atomic E-state index is 14.5. The summed E-state index contributed by atoms with van der Waals surface area (Å²) in [5.74, 6) is -1.91. The summed E-state index contributed by atoms with van der Waals surface area (Å²) in [5.41, 5.74) is 7.03. The van der Waals surface area contributed by atoms with Crippen LogP contribution < -0.4 is 10.5 Å². The van der Waals surface area contributed by atoms with Crippen molar-refractivity contribution in [2.45, 2.75) is 24.9 Å². The molecule has 1 aromatic heterocycles. The van der Waals surface area contributed by atoms with Gasteiger partial charge in [-0.1, -0.05) is 41.9 Å². The van der Waals surface area contributed by atoms with Gasteiger partial charge in [0.1, 0.15) is 11.9 Å². The number of rotatable bonds is 5. The monoisotopic (exact) mass is 439 g/mol. The summed E-state index contributed by atoms with van der Waals surface area (Å²) in [6.07, 6.45) is 1.92. The third-order valence-corrected chi connectivity index (χ3v) is 5.72. The molecule has 4 rings (SSSR count). The van der Waals surface area contributed by atoms with Crippen LogP contribution in [-0.2, 0) is 11.2 Å². The van der Waals surface area contributed by atoms with E-state index in [0.29, 0.717) is 34.3 Å². The number of carbonyl (C=O) groups is 2. The quantitative estimate of drug-likeness (QED) is 0.487. The van der Waals surface area contributed by atoms with Crippen molar-refractivity contribution in [1.29, 1.82) is 0 Å². The zero-order chi connectivity index (χ0) is 22.1. The molecule has 0 spiro atoms. The Hall–Kier alpha value is -3.45. The lowest BCUT2D eigenvalue weighted by Crippen LogP contribution is -2.47.